The maximum Gasteiger partial charge on any atom is 0.369 e. The van der Waals surface area contributed by atoms with Gasteiger partial charge in [-0.1, -0.05) is 0 Å². The molecule has 2 aliphatic rings. The predicted molar refractivity (Wildman–Crippen MR) is 105 cm³/mol. The molecule has 2 aliphatic heterocycles. The van der Waals surface area contributed by atoms with Gasteiger partial charge in [0.1, 0.15) is 6.10 Å². The number of epoxide rings is 2. The molecule has 3 unspecified atom stereocenters. The second-order valence-corrected chi connectivity index (χ2v) is 11.7. The minimum absolute atomic E-state index is 0.0773. The fourth-order valence-electron chi connectivity index (χ4n) is 3.07. The number of aromatic nitrogens is 3. The lowest BCUT2D eigenvalue weighted by Gasteiger charge is -2.29. The summed E-state index contributed by atoms with van der Waals surface area (Å²) in [4.78, 5) is 61.7. The highest BCUT2D eigenvalue weighted by molar-refractivity contribution is 7.72. The molecule has 16 nitrogen and oxygen atoms in total. The Bertz CT molecular complexity index is 1010. The average molecular weight is 504 g/mol. The molecular formula is C14H26N4O12P2. The second-order valence-electron chi connectivity index (χ2n) is 7.72. The van der Waals surface area contributed by atoms with Gasteiger partial charge in [0, 0.05) is 13.0 Å². The lowest BCUT2D eigenvalue weighted by atomic mass is 10.3. The van der Waals surface area contributed by atoms with Gasteiger partial charge in [0.25, 0.3) is 5.08 Å². The second kappa shape index (κ2) is 9.24. The van der Waals surface area contributed by atoms with E-state index in [0.717, 1.165) is 13.9 Å². The van der Waals surface area contributed by atoms with Crippen LogP contribution < -0.4 is 16.7 Å². The summed E-state index contributed by atoms with van der Waals surface area (Å²) in [6.45, 7) is 0.0116. The average Bonchev–Trinajstić information content (AvgIpc) is 3.57. The van der Waals surface area contributed by atoms with Crippen molar-refractivity contribution < 1.29 is 48.4 Å². The molecular weight excluding hydrogens is 478 g/mol. The van der Waals surface area contributed by atoms with Gasteiger partial charge in [-0.05, 0) is 6.54 Å². The van der Waals surface area contributed by atoms with Gasteiger partial charge in [0.15, 0.2) is 0 Å². The Kier molecular flexibility index (Phi) is 7.35. The highest BCUT2D eigenvalue weighted by atomic mass is 31.2. The molecule has 0 aromatic carbocycles. The predicted octanol–water partition coefficient (Wildman–Crippen LogP) is -4.05. The molecule has 0 amide bonds. The van der Waals surface area contributed by atoms with Crippen molar-refractivity contribution in [2.24, 2.45) is 0 Å². The third-order valence-corrected chi connectivity index (χ3v) is 8.97. The van der Waals surface area contributed by atoms with E-state index < -0.39 is 50.7 Å². The first kappa shape index (κ1) is 25.5. The van der Waals surface area contributed by atoms with Crippen LogP contribution in [-0.2, 0) is 38.2 Å². The van der Waals surface area contributed by atoms with Crippen molar-refractivity contribution >= 4 is 15.2 Å². The highest BCUT2D eigenvalue weighted by Crippen LogP contribution is 2.68. The van der Waals surface area contributed by atoms with Crippen molar-refractivity contribution in [3.63, 3.8) is 0 Å². The molecule has 0 radical (unpaired) electrons. The van der Waals surface area contributed by atoms with Crippen LogP contribution in [0.5, 0.6) is 0 Å². The zero-order valence-corrected chi connectivity index (χ0v) is 18.5. The van der Waals surface area contributed by atoms with Crippen molar-refractivity contribution in [3.05, 3.63) is 21.0 Å². The van der Waals surface area contributed by atoms with E-state index in [1.54, 1.807) is 0 Å². The van der Waals surface area contributed by atoms with Crippen molar-refractivity contribution in [1.29, 1.82) is 0 Å². The summed E-state index contributed by atoms with van der Waals surface area (Å²) in [5, 5.41) is 19.0. The van der Waals surface area contributed by atoms with E-state index in [0.29, 0.717) is 13.2 Å². The first-order chi connectivity index (χ1) is 14.7. The van der Waals surface area contributed by atoms with Crippen LogP contribution in [0.4, 0.5) is 0 Å². The monoisotopic (exact) mass is 504 g/mol. The van der Waals surface area contributed by atoms with Crippen molar-refractivity contribution in [2.45, 2.75) is 49.5 Å². The zero-order chi connectivity index (χ0) is 23.9. The van der Waals surface area contributed by atoms with Gasteiger partial charge in [-0.2, -0.15) is 0 Å². The first-order valence-corrected chi connectivity index (χ1v) is 12.8. The van der Waals surface area contributed by atoms with Crippen LogP contribution >= 0.6 is 15.2 Å². The van der Waals surface area contributed by atoms with Gasteiger partial charge < -0.3 is 44.6 Å². The maximum atomic E-state index is 12.7. The van der Waals surface area contributed by atoms with Crippen LogP contribution in [0.1, 0.15) is 6.42 Å². The van der Waals surface area contributed by atoms with Crippen LogP contribution in [0.25, 0.3) is 0 Å². The Morgan fingerprint density at radius 3 is 2.00 bits per heavy atom. The van der Waals surface area contributed by atoms with Gasteiger partial charge in [-0.15, -0.1) is 0 Å². The molecule has 0 saturated carbocycles. The number of nitrogens with one attached hydrogen (secondary N) is 1. The Morgan fingerprint density at radius 2 is 1.50 bits per heavy atom. The molecule has 1 aromatic heterocycles. The normalized spacial score (nSPS) is 22.2. The summed E-state index contributed by atoms with van der Waals surface area (Å²) in [6.07, 6.45) is -2.71. The summed E-state index contributed by atoms with van der Waals surface area (Å²) in [6, 6.07) is 0. The number of hydrogen-bond acceptors (Lipinski definition) is 9. The number of hydrogen-bond donors (Lipinski definition) is 7. The molecule has 0 bridgehead atoms. The Morgan fingerprint density at radius 1 is 1.00 bits per heavy atom. The van der Waals surface area contributed by atoms with E-state index in [2.05, 4.69) is 5.32 Å². The zero-order valence-electron chi connectivity index (χ0n) is 16.8. The number of aliphatic hydroxyl groups excluding tert-OH is 1. The summed E-state index contributed by atoms with van der Waals surface area (Å²) < 4.78 is 36.0. The lowest BCUT2D eigenvalue weighted by Crippen LogP contribution is -2.39. The van der Waals surface area contributed by atoms with Crippen LogP contribution in [0.2, 0.25) is 0 Å². The molecule has 1 aromatic rings. The van der Waals surface area contributed by atoms with E-state index >= 15 is 0 Å². The van der Waals surface area contributed by atoms with E-state index in [1.165, 1.54) is 0 Å². The van der Waals surface area contributed by atoms with Gasteiger partial charge in [-0.3, -0.25) is 9.13 Å². The SMILES string of the molecule is O=c1n(CC2CO2)c(=O)n(CC2CO2)n1CC(O)CNCCC(O)(P(=O)(O)O)P(=O)(O)O. The fraction of sp³-hybridized carbons (Fsp3) is 0.857. The standard InChI is InChI=1S/C14H26N4O12P2/c19-9(3-15-2-1-14(22,31(23,24)25)32(26,27)28)4-17-12(20)16(5-10-7-29-10)13(21)18(17)6-11-8-30-11/h9-11,15,19,22H,1-8H2,(H2,23,24,25)(H2,26,27,28). The van der Waals surface area contributed by atoms with Gasteiger partial charge in [0.2, 0.25) is 0 Å². The molecule has 32 heavy (non-hydrogen) atoms. The fourth-order valence-corrected chi connectivity index (χ4v) is 5.23. The summed E-state index contributed by atoms with van der Waals surface area (Å²) >= 11 is 0. The molecule has 0 spiro atoms. The smallest absolute Gasteiger partial charge is 0.369 e. The third-order valence-electron chi connectivity index (χ3n) is 5.10. The molecule has 7 N–H and O–H groups in total. The van der Waals surface area contributed by atoms with E-state index in [1.807, 2.05) is 0 Å². The van der Waals surface area contributed by atoms with Crippen LogP contribution in [0.3, 0.4) is 0 Å². The highest BCUT2D eigenvalue weighted by Gasteiger charge is 2.58. The molecule has 184 valence electrons. The maximum absolute atomic E-state index is 12.7. The van der Waals surface area contributed by atoms with Gasteiger partial charge in [0.05, 0.1) is 45.1 Å². The van der Waals surface area contributed by atoms with Crippen molar-refractivity contribution in [3.8, 4) is 0 Å². The number of rotatable bonds is 13. The molecule has 2 saturated heterocycles. The topological polar surface area (TPSA) is 242 Å². The first-order valence-electron chi connectivity index (χ1n) is 9.60. The minimum Gasteiger partial charge on any atom is -0.390 e. The third kappa shape index (κ3) is 5.66. The van der Waals surface area contributed by atoms with E-state index in [-0.39, 0.29) is 38.4 Å². The lowest BCUT2D eigenvalue weighted by molar-refractivity contribution is 0.116. The quantitative estimate of drug-likeness (QED) is 0.0769. The van der Waals surface area contributed by atoms with Crippen molar-refractivity contribution in [1.82, 2.24) is 19.2 Å². The summed E-state index contributed by atoms with van der Waals surface area (Å²) in [5.74, 6) is 0. The van der Waals surface area contributed by atoms with Gasteiger partial charge in [-0.25, -0.2) is 23.5 Å². The number of ether oxygens (including phenoxy) is 2. The van der Waals surface area contributed by atoms with Crippen molar-refractivity contribution in [2.75, 3.05) is 26.3 Å². The largest absolute Gasteiger partial charge is 0.390 e. The minimum atomic E-state index is -5.58. The van der Waals surface area contributed by atoms with Crippen LogP contribution in [0, 0.1) is 0 Å². The molecule has 2 fully saturated rings. The molecule has 3 rings (SSSR count). The number of aliphatic hydroxyl groups is 2. The molecule has 0 aliphatic carbocycles. The van der Waals surface area contributed by atoms with Crippen LogP contribution in [0.15, 0.2) is 9.59 Å². The van der Waals surface area contributed by atoms with Crippen LogP contribution in [-0.4, -0.2) is 93.4 Å². The molecule has 18 heteroatoms. The molecule has 3 heterocycles. The van der Waals surface area contributed by atoms with E-state index in [4.69, 9.17) is 29.0 Å². The Labute approximate surface area is 180 Å². The Hall–Kier alpha value is -1.16. The number of nitrogens with zero attached hydrogens (tertiary/aromatic N) is 3. The Balaban J connectivity index is 1.63. The van der Waals surface area contributed by atoms with E-state index in [9.17, 15) is 28.9 Å². The van der Waals surface area contributed by atoms with Gasteiger partial charge >= 0.3 is 26.6 Å². The molecule has 3 atom stereocenters. The summed E-state index contributed by atoms with van der Waals surface area (Å²) in [5.41, 5.74) is -1.22. The summed E-state index contributed by atoms with van der Waals surface area (Å²) in [7, 11) is -11.2.